The zero-order valence-corrected chi connectivity index (χ0v) is 12.8. The molecule has 1 atom stereocenters. The molecule has 0 rings (SSSR count). The van der Waals surface area contributed by atoms with Crippen molar-refractivity contribution in [1.29, 1.82) is 0 Å². The number of Topliss-reactive ketones (excluding diaryl/α,β-unsaturated/α-hetero) is 1. The summed E-state index contributed by atoms with van der Waals surface area (Å²) in [5.41, 5.74) is -0.552. The zero-order chi connectivity index (χ0) is 13.6. The van der Waals surface area contributed by atoms with Crippen LogP contribution in [0.1, 0.15) is 41.0 Å². The lowest BCUT2D eigenvalue weighted by Gasteiger charge is -2.23. The van der Waals surface area contributed by atoms with Crippen LogP contribution in [0.5, 0.6) is 0 Å². The minimum absolute atomic E-state index is 0.0374. The fourth-order valence-corrected chi connectivity index (χ4v) is 1.68. The maximum atomic E-state index is 11.6. The molecule has 1 unspecified atom stereocenters. The quantitative estimate of drug-likeness (QED) is 0.795. The fraction of sp³-hybridized carbons (Fsp3) is 0.833. The van der Waals surface area contributed by atoms with E-state index in [2.05, 4.69) is 21.2 Å². The van der Waals surface area contributed by atoms with Crippen LogP contribution in [0, 0.1) is 5.92 Å². The molecular weight excluding hydrogens is 286 g/mol. The van der Waals surface area contributed by atoms with E-state index < -0.39 is 17.7 Å². The van der Waals surface area contributed by atoms with E-state index in [9.17, 15) is 9.59 Å². The van der Waals surface area contributed by atoms with Crippen molar-refractivity contribution in [2.75, 3.05) is 5.33 Å². The second-order valence-electron chi connectivity index (χ2n) is 5.43. The molecule has 0 saturated carbocycles. The van der Waals surface area contributed by atoms with Crippen LogP contribution in [-0.4, -0.2) is 28.8 Å². The first-order valence-corrected chi connectivity index (χ1v) is 6.86. The van der Waals surface area contributed by atoms with Gasteiger partial charge in [-0.25, -0.2) is 4.79 Å². The number of alkyl carbamates (subject to hydrolysis) is 1. The smallest absolute Gasteiger partial charge is 0.408 e. The third-order valence-electron chi connectivity index (χ3n) is 1.92. The van der Waals surface area contributed by atoms with Crippen LogP contribution < -0.4 is 5.32 Å². The number of ether oxygens (including phenoxy) is 1. The number of amides is 1. The molecule has 0 bridgehead atoms. The maximum Gasteiger partial charge on any atom is 0.408 e. The topological polar surface area (TPSA) is 55.4 Å². The molecule has 0 aromatic rings. The normalized spacial score (nSPS) is 13.4. The molecule has 1 amide bonds. The van der Waals surface area contributed by atoms with Gasteiger partial charge >= 0.3 is 6.09 Å². The third-order valence-corrected chi connectivity index (χ3v) is 2.47. The second kappa shape index (κ2) is 6.99. The van der Waals surface area contributed by atoms with E-state index in [1.165, 1.54) is 0 Å². The van der Waals surface area contributed by atoms with E-state index in [1.807, 2.05) is 13.8 Å². The van der Waals surface area contributed by atoms with Crippen LogP contribution in [0.3, 0.4) is 0 Å². The predicted molar refractivity (Wildman–Crippen MR) is 71.4 cm³/mol. The minimum Gasteiger partial charge on any atom is -0.444 e. The van der Waals surface area contributed by atoms with Gasteiger partial charge in [-0.15, -0.1) is 0 Å². The van der Waals surface area contributed by atoms with Crippen molar-refractivity contribution in [3.05, 3.63) is 0 Å². The van der Waals surface area contributed by atoms with Gasteiger partial charge < -0.3 is 10.1 Å². The monoisotopic (exact) mass is 307 g/mol. The summed E-state index contributed by atoms with van der Waals surface area (Å²) >= 11 is 3.12. The van der Waals surface area contributed by atoms with Gasteiger partial charge in [-0.05, 0) is 33.1 Å². The Morgan fingerprint density at radius 2 is 1.82 bits per heavy atom. The summed E-state index contributed by atoms with van der Waals surface area (Å²) in [5.74, 6) is 0.294. The molecule has 0 radical (unpaired) electrons. The second-order valence-corrected chi connectivity index (χ2v) is 5.99. The predicted octanol–water partition coefficient (Wildman–Crippen LogP) is 2.89. The number of ketones is 1. The standard InChI is InChI=1S/C12H22BrNO3/c1-8(2)6-9(10(15)7-13)14-11(16)17-12(3,4)5/h8-9H,6-7H2,1-5H3,(H,14,16). The summed E-state index contributed by atoms with van der Waals surface area (Å²) in [6.07, 6.45) is 0.0707. The molecule has 100 valence electrons. The van der Waals surface area contributed by atoms with Crippen LogP contribution in [0.25, 0.3) is 0 Å². The number of halogens is 1. The van der Waals surface area contributed by atoms with E-state index in [4.69, 9.17) is 4.74 Å². The lowest BCUT2D eigenvalue weighted by Crippen LogP contribution is -2.44. The summed E-state index contributed by atoms with van der Waals surface area (Å²) in [7, 11) is 0. The van der Waals surface area contributed by atoms with Gasteiger partial charge in [0.2, 0.25) is 0 Å². The molecular formula is C12H22BrNO3. The summed E-state index contributed by atoms with van der Waals surface area (Å²) < 4.78 is 5.13. The molecule has 0 aliphatic rings. The van der Waals surface area contributed by atoms with Gasteiger partial charge in [0.15, 0.2) is 5.78 Å². The minimum atomic E-state index is -0.552. The Morgan fingerprint density at radius 3 is 2.18 bits per heavy atom. The Kier molecular flexibility index (Phi) is 6.75. The molecule has 4 nitrogen and oxygen atoms in total. The highest BCUT2D eigenvalue weighted by atomic mass is 79.9. The molecule has 0 spiro atoms. The maximum absolute atomic E-state index is 11.6. The molecule has 17 heavy (non-hydrogen) atoms. The first-order valence-electron chi connectivity index (χ1n) is 5.74. The number of alkyl halides is 1. The Bertz CT molecular complexity index is 271. The molecule has 0 aliphatic carbocycles. The molecule has 5 heteroatoms. The molecule has 0 aromatic carbocycles. The number of carbonyl (C=O) groups excluding carboxylic acids is 2. The van der Waals surface area contributed by atoms with E-state index in [0.717, 1.165) is 0 Å². The van der Waals surface area contributed by atoms with Gasteiger partial charge in [0.1, 0.15) is 5.60 Å². The van der Waals surface area contributed by atoms with Crippen LogP contribution in [0.4, 0.5) is 4.79 Å². The third kappa shape index (κ3) is 8.18. The van der Waals surface area contributed by atoms with Gasteiger partial charge in [-0.1, -0.05) is 29.8 Å². The highest BCUT2D eigenvalue weighted by Gasteiger charge is 2.24. The summed E-state index contributed by atoms with van der Waals surface area (Å²) in [6, 6.07) is -0.482. The van der Waals surface area contributed by atoms with E-state index in [-0.39, 0.29) is 11.1 Å². The van der Waals surface area contributed by atoms with Gasteiger partial charge in [-0.3, -0.25) is 4.79 Å². The molecule has 0 fully saturated rings. The van der Waals surface area contributed by atoms with Crippen LogP contribution in [-0.2, 0) is 9.53 Å². The molecule has 0 saturated heterocycles. The van der Waals surface area contributed by atoms with Crippen molar-refractivity contribution < 1.29 is 14.3 Å². The number of hydrogen-bond donors (Lipinski definition) is 1. The van der Waals surface area contributed by atoms with Crippen molar-refractivity contribution in [2.45, 2.75) is 52.7 Å². The van der Waals surface area contributed by atoms with Crippen LogP contribution in [0.2, 0.25) is 0 Å². The van der Waals surface area contributed by atoms with Crippen LogP contribution >= 0.6 is 15.9 Å². The Morgan fingerprint density at radius 1 is 1.29 bits per heavy atom. The summed E-state index contributed by atoms with van der Waals surface area (Å²) in [4.78, 5) is 23.2. The van der Waals surface area contributed by atoms with Crippen molar-refractivity contribution >= 4 is 27.8 Å². The number of rotatable bonds is 5. The Balaban J connectivity index is 4.43. The molecule has 1 N–H and O–H groups in total. The van der Waals surface area contributed by atoms with E-state index >= 15 is 0 Å². The first kappa shape index (κ1) is 16.4. The number of carbonyl (C=O) groups is 2. The fourth-order valence-electron chi connectivity index (χ4n) is 1.29. The SMILES string of the molecule is CC(C)CC(NC(=O)OC(C)(C)C)C(=O)CBr. The molecule has 0 heterocycles. The van der Waals surface area contributed by atoms with Crippen LogP contribution in [0.15, 0.2) is 0 Å². The number of hydrogen-bond acceptors (Lipinski definition) is 3. The average Bonchev–Trinajstić information content (AvgIpc) is 2.11. The summed E-state index contributed by atoms with van der Waals surface area (Å²) in [5, 5.41) is 2.85. The highest BCUT2D eigenvalue weighted by Crippen LogP contribution is 2.10. The largest absolute Gasteiger partial charge is 0.444 e. The van der Waals surface area contributed by atoms with Gasteiger partial charge in [0.25, 0.3) is 0 Å². The highest BCUT2D eigenvalue weighted by molar-refractivity contribution is 9.09. The Hall–Kier alpha value is -0.580. The number of nitrogens with one attached hydrogen (secondary N) is 1. The van der Waals surface area contributed by atoms with Crippen molar-refractivity contribution in [2.24, 2.45) is 5.92 Å². The lowest BCUT2D eigenvalue weighted by atomic mass is 10.0. The Labute approximate surface area is 112 Å². The zero-order valence-electron chi connectivity index (χ0n) is 11.2. The van der Waals surface area contributed by atoms with Gasteiger partial charge in [0.05, 0.1) is 11.4 Å². The van der Waals surface area contributed by atoms with Crippen molar-refractivity contribution in [3.8, 4) is 0 Å². The summed E-state index contributed by atoms with van der Waals surface area (Å²) in [6.45, 7) is 9.37. The average molecular weight is 308 g/mol. The van der Waals surface area contributed by atoms with Gasteiger partial charge in [-0.2, -0.15) is 0 Å². The van der Waals surface area contributed by atoms with E-state index in [0.29, 0.717) is 12.3 Å². The van der Waals surface area contributed by atoms with E-state index in [1.54, 1.807) is 20.8 Å². The molecule has 0 aliphatic heterocycles. The first-order chi connectivity index (χ1) is 7.65. The van der Waals surface area contributed by atoms with Crippen molar-refractivity contribution in [1.82, 2.24) is 5.32 Å². The van der Waals surface area contributed by atoms with Crippen molar-refractivity contribution in [3.63, 3.8) is 0 Å². The van der Waals surface area contributed by atoms with Gasteiger partial charge in [0, 0.05) is 0 Å². The lowest BCUT2D eigenvalue weighted by molar-refractivity contribution is -0.118. The molecule has 0 aromatic heterocycles.